The molecule has 0 aromatic rings. The van der Waals surface area contributed by atoms with Gasteiger partial charge in [0.05, 0.1) is 23.4 Å². The number of rotatable bonds is 24. The molecule has 0 aromatic carbocycles. The van der Waals surface area contributed by atoms with Gasteiger partial charge in [-0.2, -0.15) is 0 Å². The number of hydrogen-bond acceptors (Lipinski definition) is 6. The largest absolute Gasteiger partial charge is 0.550 e. The molecule has 0 amide bonds. The second-order valence-corrected chi connectivity index (χ2v) is 14.5. The minimum absolute atomic E-state index is 0.0989. The number of aliphatic hydroxyl groups is 3. The highest BCUT2D eigenvalue weighted by Gasteiger charge is 2.34. The Morgan fingerprint density at radius 1 is 0.857 bits per heavy atom. The van der Waals surface area contributed by atoms with E-state index in [-0.39, 0.29) is 12.0 Å². The Hall–Kier alpha value is -0.950. The molecule has 6 heteroatoms. The Labute approximate surface area is 258 Å². The van der Waals surface area contributed by atoms with Crippen molar-refractivity contribution in [2.45, 2.75) is 181 Å². The number of carbonyl (C=O) groups excluding carboxylic acids is 1. The zero-order chi connectivity index (χ0) is 31.8. The average Bonchev–Trinajstić information content (AvgIpc) is 2.90. The van der Waals surface area contributed by atoms with Crippen LogP contribution in [-0.4, -0.2) is 51.3 Å². The number of hydrogen-bond donors (Lipinski definition) is 3. The second-order valence-electron chi connectivity index (χ2n) is 14.5. The standard InChI is InChI=1S/C36H68O6/c1-8-9-10-11-12-13-25-42-33-30(5)29(4)32(37)26-31(33)20-19-27(2)17-14-21-35(6,40)23-16-24-36(7,41)22-15-18-28(3)34(38)39/h26-30,32-33,37,40-41H,8-25H2,1-7H3,(H,38,39)/p-1. The van der Waals surface area contributed by atoms with E-state index in [2.05, 4.69) is 33.8 Å². The first kappa shape index (κ1) is 39.1. The van der Waals surface area contributed by atoms with Gasteiger partial charge in [0.2, 0.25) is 0 Å². The van der Waals surface area contributed by atoms with E-state index in [9.17, 15) is 25.2 Å². The van der Waals surface area contributed by atoms with Crippen LogP contribution in [0.4, 0.5) is 0 Å². The van der Waals surface area contributed by atoms with Gasteiger partial charge >= 0.3 is 0 Å². The average molecular weight is 596 g/mol. The van der Waals surface area contributed by atoms with E-state index in [0.29, 0.717) is 43.9 Å². The molecule has 0 heterocycles. The monoisotopic (exact) mass is 595 g/mol. The van der Waals surface area contributed by atoms with Crippen molar-refractivity contribution < 1.29 is 30.0 Å². The third kappa shape index (κ3) is 16.2. The second kappa shape index (κ2) is 20.2. The normalized spacial score (nSPS) is 25.3. The Bertz CT molecular complexity index is 760. The fraction of sp³-hybridized carbons (Fsp3) is 0.917. The minimum Gasteiger partial charge on any atom is -0.550 e. The maximum Gasteiger partial charge on any atom is 0.0815 e. The van der Waals surface area contributed by atoms with Gasteiger partial charge in [0.1, 0.15) is 0 Å². The third-order valence-corrected chi connectivity index (χ3v) is 9.91. The molecule has 0 spiro atoms. The van der Waals surface area contributed by atoms with Gasteiger partial charge in [-0.05, 0) is 107 Å². The van der Waals surface area contributed by atoms with Crippen molar-refractivity contribution >= 4 is 5.97 Å². The van der Waals surface area contributed by atoms with E-state index < -0.39 is 29.2 Å². The van der Waals surface area contributed by atoms with Crippen LogP contribution in [0.1, 0.15) is 158 Å². The molecule has 0 bridgehead atoms. The van der Waals surface area contributed by atoms with Gasteiger partial charge in [-0.25, -0.2) is 0 Å². The van der Waals surface area contributed by atoms with Crippen LogP contribution in [0.15, 0.2) is 11.6 Å². The van der Waals surface area contributed by atoms with Crippen LogP contribution in [-0.2, 0) is 9.53 Å². The molecule has 42 heavy (non-hydrogen) atoms. The summed E-state index contributed by atoms with van der Waals surface area (Å²) < 4.78 is 6.44. The first-order valence-electron chi connectivity index (χ1n) is 17.3. The molecule has 0 radical (unpaired) electrons. The molecular weight excluding hydrogens is 528 g/mol. The molecule has 0 aromatic heterocycles. The fourth-order valence-electron chi connectivity index (χ4n) is 6.36. The smallest absolute Gasteiger partial charge is 0.0815 e. The van der Waals surface area contributed by atoms with Crippen LogP contribution in [0.2, 0.25) is 0 Å². The quantitative estimate of drug-likeness (QED) is 0.0809. The highest BCUT2D eigenvalue weighted by Crippen LogP contribution is 2.35. The SMILES string of the molecule is CCCCCCCCOC1C(CCC(C)CCCC(C)(O)CCCC(C)(O)CCCC(C)C(=O)[O-])=CC(O)C(C)C1C. The Balaban J connectivity index is 2.40. The lowest BCUT2D eigenvalue weighted by molar-refractivity contribution is -0.311. The molecule has 0 fully saturated rings. The highest BCUT2D eigenvalue weighted by atomic mass is 16.5. The maximum atomic E-state index is 10.9. The molecule has 8 unspecified atom stereocenters. The number of carbonyl (C=O) groups is 1. The van der Waals surface area contributed by atoms with Gasteiger partial charge in [0.15, 0.2) is 0 Å². The third-order valence-electron chi connectivity index (χ3n) is 9.91. The lowest BCUT2D eigenvalue weighted by atomic mass is 9.76. The number of carboxylic acid groups (broad SMARTS) is 1. The van der Waals surface area contributed by atoms with E-state index in [1.165, 1.54) is 37.7 Å². The molecule has 1 aliphatic rings. The van der Waals surface area contributed by atoms with Crippen molar-refractivity contribution in [3.8, 4) is 0 Å². The van der Waals surface area contributed by atoms with Crippen molar-refractivity contribution in [3.05, 3.63) is 11.6 Å². The Morgan fingerprint density at radius 2 is 1.40 bits per heavy atom. The predicted octanol–water partition coefficient (Wildman–Crippen LogP) is 7.12. The van der Waals surface area contributed by atoms with Gasteiger partial charge in [-0.1, -0.05) is 85.6 Å². The van der Waals surface area contributed by atoms with Crippen molar-refractivity contribution in [2.75, 3.05) is 6.61 Å². The summed E-state index contributed by atoms with van der Waals surface area (Å²) in [6.07, 6.45) is 17.7. The molecule has 248 valence electrons. The molecule has 1 aliphatic carbocycles. The number of unbranched alkanes of at least 4 members (excludes halogenated alkanes) is 5. The van der Waals surface area contributed by atoms with Crippen LogP contribution in [0, 0.1) is 23.7 Å². The lowest BCUT2D eigenvalue weighted by Gasteiger charge is -2.38. The van der Waals surface area contributed by atoms with Crippen molar-refractivity contribution in [1.82, 2.24) is 0 Å². The summed E-state index contributed by atoms with van der Waals surface area (Å²) in [7, 11) is 0. The van der Waals surface area contributed by atoms with Crippen LogP contribution in [0.25, 0.3) is 0 Å². The summed E-state index contributed by atoms with van der Waals surface area (Å²) in [6, 6.07) is 0. The first-order chi connectivity index (χ1) is 19.7. The molecule has 0 saturated heterocycles. The summed E-state index contributed by atoms with van der Waals surface area (Å²) in [5.41, 5.74) is -0.335. The number of aliphatic hydroxyl groups excluding tert-OH is 1. The van der Waals surface area contributed by atoms with Crippen molar-refractivity contribution in [1.29, 1.82) is 0 Å². The Morgan fingerprint density at radius 3 is 2.00 bits per heavy atom. The number of carboxylic acids is 1. The zero-order valence-corrected chi connectivity index (χ0v) is 28.3. The molecule has 0 aliphatic heterocycles. The first-order valence-corrected chi connectivity index (χ1v) is 17.3. The van der Waals surface area contributed by atoms with E-state index in [1.54, 1.807) is 13.8 Å². The van der Waals surface area contributed by atoms with Gasteiger partial charge in [-0.15, -0.1) is 0 Å². The minimum atomic E-state index is -1.04. The van der Waals surface area contributed by atoms with Gasteiger partial charge in [0, 0.05) is 12.6 Å². The lowest BCUT2D eigenvalue weighted by Crippen LogP contribution is -2.39. The maximum absolute atomic E-state index is 10.9. The van der Waals surface area contributed by atoms with E-state index in [1.807, 2.05) is 6.92 Å². The number of aliphatic carboxylic acids is 1. The summed E-state index contributed by atoms with van der Waals surface area (Å²) in [5, 5.41) is 43.1. The van der Waals surface area contributed by atoms with Crippen molar-refractivity contribution in [2.24, 2.45) is 23.7 Å². The summed E-state index contributed by atoms with van der Waals surface area (Å²) in [4.78, 5) is 10.9. The molecule has 8 atom stereocenters. The molecular formula is C36H67O6-. The summed E-state index contributed by atoms with van der Waals surface area (Å²) >= 11 is 0. The molecule has 1 rings (SSSR count). The predicted molar refractivity (Wildman–Crippen MR) is 171 cm³/mol. The highest BCUT2D eigenvalue weighted by molar-refractivity contribution is 5.66. The molecule has 6 nitrogen and oxygen atoms in total. The van der Waals surface area contributed by atoms with Crippen LogP contribution in [0.5, 0.6) is 0 Å². The fourth-order valence-corrected chi connectivity index (χ4v) is 6.36. The van der Waals surface area contributed by atoms with Crippen LogP contribution >= 0.6 is 0 Å². The summed E-state index contributed by atoms with van der Waals surface area (Å²) in [5.74, 6) is -0.503. The number of ether oxygens (including phenoxy) is 1. The van der Waals surface area contributed by atoms with Gasteiger partial charge < -0.3 is 30.0 Å². The Kier molecular flexibility index (Phi) is 18.7. The van der Waals surface area contributed by atoms with Gasteiger partial charge in [0.25, 0.3) is 0 Å². The van der Waals surface area contributed by atoms with E-state index >= 15 is 0 Å². The van der Waals surface area contributed by atoms with Crippen molar-refractivity contribution in [3.63, 3.8) is 0 Å². The molecule has 0 saturated carbocycles. The zero-order valence-electron chi connectivity index (χ0n) is 28.3. The van der Waals surface area contributed by atoms with E-state index in [0.717, 1.165) is 51.6 Å². The summed E-state index contributed by atoms with van der Waals surface area (Å²) in [6.45, 7) is 15.0. The van der Waals surface area contributed by atoms with E-state index in [4.69, 9.17) is 4.74 Å². The van der Waals surface area contributed by atoms with Crippen LogP contribution < -0.4 is 5.11 Å². The van der Waals surface area contributed by atoms with Gasteiger partial charge in [-0.3, -0.25) is 0 Å². The van der Waals surface area contributed by atoms with Crippen LogP contribution in [0.3, 0.4) is 0 Å². The molecule has 3 N–H and O–H groups in total. The topological polar surface area (TPSA) is 110 Å².